The summed E-state index contributed by atoms with van der Waals surface area (Å²) in [5, 5.41) is 7.16. The van der Waals surface area contributed by atoms with Crippen molar-refractivity contribution in [1.82, 2.24) is 29.1 Å². The second kappa shape index (κ2) is 11.5. The van der Waals surface area contributed by atoms with Gasteiger partial charge in [-0.3, -0.25) is 9.48 Å². The van der Waals surface area contributed by atoms with Crippen molar-refractivity contribution >= 4 is 22.8 Å². The smallest absolute Gasteiger partial charge is 0.409 e. The standard InChI is InChI=1S/C30H34N6O4/c1-39-30(38)34-11-9-22(10-12-34)18-35-21-31-17-24(35)19-36-20-27(29(37)33-13-15-40-16-14-33)28(32-36)26-8-4-6-23-5-2-3-7-25(23)26/h2-8,17,20-22H,9-16,18-19H2,1H3. The van der Waals surface area contributed by atoms with E-state index in [0.717, 1.165) is 41.4 Å². The molecule has 2 aliphatic rings. The third-order valence-corrected chi connectivity index (χ3v) is 7.96. The Kier molecular flexibility index (Phi) is 7.50. The van der Waals surface area contributed by atoms with Crippen molar-refractivity contribution in [3.63, 3.8) is 0 Å². The number of fused-ring (bicyclic) bond motifs is 1. The summed E-state index contributed by atoms with van der Waals surface area (Å²) in [6.07, 6.45) is 7.17. The van der Waals surface area contributed by atoms with Crippen LogP contribution >= 0.6 is 0 Å². The van der Waals surface area contributed by atoms with Gasteiger partial charge in [0, 0.05) is 44.5 Å². The molecule has 2 saturated heterocycles. The largest absolute Gasteiger partial charge is 0.453 e. The summed E-state index contributed by atoms with van der Waals surface area (Å²) in [7, 11) is 1.42. The fourth-order valence-electron chi connectivity index (χ4n) is 5.74. The van der Waals surface area contributed by atoms with Crippen LogP contribution in [0.2, 0.25) is 0 Å². The van der Waals surface area contributed by atoms with Gasteiger partial charge in [0.2, 0.25) is 0 Å². The highest BCUT2D eigenvalue weighted by Gasteiger charge is 2.27. The highest BCUT2D eigenvalue weighted by molar-refractivity contribution is 6.04. The van der Waals surface area contributed by atoms with Crippen molar-refractivity contribution in [1.29, 1.82) is 0 Å². The van der Waals surface area contributed by atoms with E-state index in [1.54, 1.807) is 4.90 Å². The average Bonchev–Trinajstić information content (AvgIpc) is 3.63. The molecule has 2 aliphatic heterocycles. The quantitative estimate of drug-likeness (QED) is 0.367. The maximum Gasteiger partial charge on any atom is 0.409 e. The Labute approximate surface area is 233 Å². The van der Waals surface area contributed by atoms with Crippen LogP contribution in [0.25, 0.3) is 22.0 Å². The van der Waals surface area contributed by atoms with Crippen LogP contribution in [0.5, 0.6) is 0 Å². The minimum absolute atomic E-state index is 0.0247. The van der Waals surface area contributed by atoms with Gasteiger partial charge in [0.25, 0.3) is 5.91 Å². The summed E-state index contributed by atoms with van der Waals surface area (Å²) in [5.41, 5.74) is 3.25. The Bertz CT molecular complexity index is 1490. The number of nitrogens with zero attached hydrogens (tertiary/aromatic N) is 6. The summed E-state index contributed by atoms with van der Waals surface area (Å²) in [5.74, 6) is 0.416. The molecule has 4 aromatic rings. The monoisotopic (exact) mass is 542 g/mol. The molecule has 4 heterocycles. The van der Waals surface area contributed by atoms with E-state index >= 15 is 0 Å². The maximum absolute atomic E-state index is 13.7. The van der Waals surface area contributed by atoms with Gasteiger partial charge in [-0.1, -0.05) is 42.5 Å². The zero-order chi connectivity index (χ0) is 27.5. The van der Waals surface area contributed by atoms with E-state index in [9.17, 15) is 9.59 Å². The second-order valence-electron chi connectivity index (χ2n) is 10.5. The molecule has 2 fully saturated rings. The SMILES string of the molecule is COC(=O)N1CCC(Cn2cncc2Cn2cc(C(=O)N3CCOCC3)c(-c3cccc4ccccc34)n2)CC1. The van der Waals surface area contributed by atoms with E-state index in [0.29, 0.717) is 63.1 Å². The van der Waals surface area contributed by atoms with Crippen LogP contribution in [0, 0.1) is 5.92 Å². The first-order valence-electron chi connectivity index (χ1n) is 13.8. The number of likely N-dealkylation sites (tertiary alicyclic amines) is 1. The molecule has 40 heavy (non-hydrogen) atoms. The lowest BCUT2D eigenvalue weighted by Gasteiger charge is -2.31. The molecule has 2 amide bonds. The van der Waals surface area contributed by atoms with Gasteiger partial charge < -0.3 is 23.8 Å². The number of aromatic nitrogens is 4. The zero-order valence-corrected chi connectivity index (χ0v) is 22.7. The fraction of sp³-hybridized carbons (Fsp3) is 0.400. The summed E-state index contributed by atoms with van der Waals surface area (Å²) < 4.78 is 14.4. The number of hydrogen-bond donors (Lipinski definition) is 0. The molecular formula is C30H34N6O4. The number of carbonyl (C=O) groups is 2. The highest BCUT2D eigenvalue weighted by atomic mass is 16.5. The van der Waals surface area contributed by atoms with E-state index in [1.807, 2.05) is 52.6 Å². The lowest BCUT2D eigenvalue weighted by Crippen LogP contribution is -2.40. The highest BCUT2D eigenvalue weighted by Crippen LogP contribution is 2.31. The molecule has 0 N–H and O–H groups in total. The number of ether oxygens (including phenoxy) is 2. The average molecular weight is 543 g/mol. The maximum atomic E-state index is 13.7. The van der Waals surface area contributed by atoms with Crippen LogP contribution < -0.4 is 0 Å². The predicted octanol–water partition coefficient (Wildman–Crippen LogP) is 3.90. The number of benzene rings is 2. The molecule has 0 spiro atoms. The zero-order valence-electron chi connectivity index (χ0n) is 22.7. The molecule has 0 unspecified atom stereocenters. The van der Waals surface area contributed by atoms with Crippen molar-refractivity contribution in [2.45, 2.75) is 25.9 Å². The molecule has 6 rings (SSSR count). The van der Waals surface area contributed by atoms with Crippen molar-refractivity contribution in [3.8, 4) is 11.3 Å². The fourth-order valence-corrected chi connectivity index (χ4v) is 5.74. The first-order valence-corrected chi connectivity index (χ1v) is 13.8. The van der Waals surface area contributed by atoms with Crippen molar-refractivity contribution in [2.24, 2.45) is 5.92 Å². The number of methoxy groups -OCH3 is 1. The number of piperidine rings is 1. The van der Waals surface area contributed by atoms with E-state index < -0.39 is 0 Å². The van der Waals surface area contributed by atoms with E-state index in [-0.39, 0.29) is 12.0 Å². The molecule has 0 bridgehead atoms. The van der Waals surface area contributed by atoms with Gasteiger partial charge in [-0.2, -0.15) is 5.10 Å². The van der Waals surface area contributed by atoms with Gasteiger partial charge in [-0.15, -0.1) is 0 Å². The first kappa shape index (κ1) is 26.1. The van der Waals surface area contributed by atoms with Gasteiger partial charge in [0.1, 0.15) is 5.69 Å². The Balaban J connectivity index is 1.27. The normalized spacial score (nSPS) is 16.4. The van der Waals surface area contributed by atoms with E-state index in [4.69, 9.17) is 14.6 Å². The molecule has 0 saturated carbocycles. The summed E-state index contributed by atoms with van der Waals surface area (Å²) in [6.45, 7) is 4.93. The molecular weight excluding hydrogens is 508 g/mol. The molecule has 2 aromatic heterocycles. The topological polar surface area (TPSA) is 94.7 Å². The number of carbonyl (C=O) groups excluding carboxylic acids is 2. The summed E-state index contributed by atoms with van der Waals surface area (Å²) in [6, 6.07) is 14.3. The van der Waals surface area contributed by atoms with Gasteiger partial charge in [0.05, 0.1) is 50.6 Å². The van der Waals surface area contributed by atoms with Gasteiger partial charge in [-0.05, 0) is 29.5 Å². The van der Waals surface area contributed by atoms with Crippen LogP contribution in [-0.2, 0) is 22.6 Å². The molecule has 0 atom stereocenters. The van der Waals surface area contributed by atoms with Gasteiger partial charge in [-0.25, -0.2) is 9.78 Å². The number of rotatable bonds is 6. The third kappa shape index (κ3) is 5.31. The van der Waals surface area contributed by atoms with Crippen LogP contribution in [0.1, 0.15) is 28.9 Å². The lowest BCUT2D eigenvalue weighted by molar-refractivity contribution is 0.0303. The third-order valence-electron chi connectivity index (χ3n) is 7.96. The number of morpholine rings is 1. The van der Waals surface area contributed by atoms with Gasteiger partial charge >= 0.3 is 6.09 Å². The van der Waals surface area contributed by atoms with E-state index in [1.165, 1.54) is 7.11 Å². The van der Waals surface area contributed by atoms with Crippen molar-refractivity contribution < 1.29 is 19.1 Å². The molecule has 0 radical (unpaired) electrons. The Morgan fingerprint density at radius 1 is 1.00 bits per heavy atom. The number of hydrogen-bond acceptors (Lipinski definition) is 6. The van der Waals surface area contributed by atoms with Gasteiger partial charge in [0.15, 0.2) is 0 Å². The van der Waals surface area contributed by atoms with Crippen LogP contribution in [0.4, 0.5) is 4.79 Å². The Morgan fingerprint density at radius 3 is 2.58 bits per heavy atom. The Hall–Kier alpha value is -4.18. The van der Waals surface area contributed by atoms with E-state index in [2.05, 4.69) is 27.8 Å². The van der Waals surface area contributed by atoms with Crippen LogP contribution in [0.3, 0.4) is 0 Å². The predicted molar refractivity (Wildman–Crippen MR) is 150 cm³/mol. The van der Waals surface area contributed by atoms with Crippen molar-refractivity contribution in [3.05, 3.63) is 72.4 Å². The molecule has 2 aromatic carbocycles. The minimum Gasteiger partial charge on any atom is -0.453 e. The summed E-state index contributed by atoms with van der Waals surface area (Å²) in [4.78, 5) is 33.6. The second-order valence-corrected chi connectivity index (χ2v) is 10.5. The van der Waals surface area contributed by atoms with Crippen LogP contribution in [-0.4, -0.2) is 87.6 Å². The molecule has 0 aliphatic carbocycles. The number of amides is 2. The van der Waals surface area contributed by atoms with Crippen molar-refractivity contribution in [2.75, 3.05) is 46.5 Å². The minimum atomic E-state index is -0.259. The lowest BCUT2D eigenvalue weighted by atomic mass is 9.97. The van der Waals surface area contributed by atoms with Crippen LogP contribution in [0.15, 0.2) is 61.2 Å². The molecule has 10 heteroatoms. The number of imidazole rings is 1. The molecule has 208 valence electrons. The first-order chi connectivity index (χ1) is 19.6. The summed E-state index contributed by atoms with van der Waals surface area (Å²) >= 11 is 0. The Morgan fingerprint density at radius 2 is 1.77 bits per heavy atom. The molecule has 10 nitrogen and oxygen atoms in total.